The van der Waals surface area contributed by atoms with E-state index in [2.05, 4.69) is 32.1 Å². The molecule has 0 amide bonds. The molecule has 9 nitrogen and oxygen atoms in total. The van der Waals surface area contributed by atoms with E-state index in [9.17, 15) is 4.79 Å². The first-order chi connectivity index (χ1) is 16.7. The monoisotopic (exact) mass is 462 g/mol. The van der Waals surface area contributed by atoms with Crippen molar-refractivity contribution in [2.45, 2.75) is 31.7 Å². The maximum Gasteiger partial charge on any atom is 0.326 e. The highest BCUT2D eigenvalue weighted by atomic mass is 16.5. The summed E-state index contributed by atoms with van der Waals surface area (Å²) in [6.07, 6.45) is 7.77. The molecule has 1 aromatic carbocycles. The molecule has 2 saturated heterocycles. The summed E-state index contributed by atoms with van der Waals surface area (Å²) in [6, 6.07) is 8.32. The van der Waals surface area contributed by atoms with Gasteiger partial charge in [0, 0.05) is 50.7 Å². The second kappa shape index (κ2) is 8.88. The van der Waals surface area contributed by atoms with E-state index in [4.69, 9.17) is 9.47 Å². The molecule has 1 N–H and O–H groups in total. The zero-order valence-corrected chi connectivity index (χ0v) is 19.4. The first-order valence-corrected chi connectivity index (χ1v) is 12.1. The first kappa shape index (κ1) is 21.4. The van der Waals surface area contributed by atoms with Crippen LogP contribution >= 0.6 is 0 Å². The predicted molar refractivity (Wildman–Crippen MR) is 129 cm³/mol. The van der Waals surface area contributed by atoms with Crippen molar-refractivity contribution < 1.29 is 9.47 Å². The topological polar surface area (TPSA) is 89.7 Å². The zero-order valence-electron chi connectivity index (χ0n) is 19.4. The summed E-state index contributed by atoms with van der Waals surface area (Å²) >= 11 is 0. The maximum absolute atomic E-state index is 13.0. The number of ether oxygens (including phenoxy) is 2. The Balaban J connectivity index is 1.23. The summed E-state index contributed by atoms with van der Waals surface area (Å²) < 4.78 is 14.7. The number of methoxy groups -OCH3 is 1. The maximum atomic E-state index is 13.0. The quantitative estimate of drug-likeness (QED) is 0.490. The highest BCUT2D eigenvalue weighted by Crippen LogP contribution is 2.31. The number of likely N-dealkylation sites (tertiary alicyclic amines) is 1. The normalized spacial score (nSPS) is 18.7. The Bertz CT molecular complexity index is 1360. The number of piperidine rings is 1. The molecule has 0 atom stereocenters. The van der Waals surface area contributed by atoms with Crippen molar-refractivity contribution in [3.63, 3.8) is 0 Å². The second-order valence-corrected chi connectivity index (χ2v) is 9.44. The van der Waals surface area contributed by atoms with Crippen molar-refractivity contribution in [3.05, 3.63) is 47.3 Å². The van der Waals surface area contributed by atoms with Gasteiger partial charge in [0.25, 0.3) is 0 Å². The van der Waals surface area contributed by atoms with Crippen LogP contribution in [-0.2, 0) is 4.74 Å². The summed E-state index contributed by atoms with van der Waals surface area (Å²) in [5, 5.41) is 4.25. The Kier molecular flexibility index (Phi) is 5.58. The highest BCUT2D eigenvalue weighted by molar-refractivity contribution is 5.83. The summed E-state index contributed by atoms with van der Waals surface area (Å²) in [4.78, 5) is 22.9. The van der Waals surface area contributed by atoms with E-state index >= 15 is 0 Å². The van der Waals surface area contributed by atoms with Gasteiger partial charge in [0.15, 0.2) is 11.4 Å². The molecule has 3 aromatic heterocycles. The van der Waals surface area contributed by atoms with Crippen molar-refractivity contribution >= 4 is 16.7 Å². The van der Waals surface area contributed by atoms with Crippen LogP contribution in [0.2, 0.25) is 0 Å². The molecule has 178 valence electrons. The van der Waals surface area contributed by atoms with Crippen LogP contribution < -0.4 is 10.4 Å². The Hall–Kier alpha value is -3.17. The van der Waals surface area contributed by atoms with Crippen molar-refractivity contribution in [3.8, 4) is 16.9 Å². The van der Waals surface area contributed by atoms with E-state index in [1.54, 1.807) is 11.6 Å². The number of benzene rings is 1. The van der Waals surface area contributed by atoms with Gasteiger partial charge in [-0.1, -0.05) is 6.07 Å². The molecule has 9 heteroatoms. The van der Waals surface area contributed by atoms with Crippen molar-refractivity contribution in [2.75, 3.05) is 40.0 Å². The number of imidazole rings is 1. The van der Waals surface area contributed by atoms with Gasteiger partial charge in [0.2, 0.25) is 0 Å². The second-order valence-electron chi connectivity index (χ2n) is 9.44. The SMILES string of the molecule is COc1cc(-c2ccc3c(c2)[nH]c(=O)n3C2CCN(CC3CCOCC3)CC2)cn2ncnc12. The third kappa shape index (κ3) is 3.88. The lowest BCUT2D eigenvalue weighted by molar-refractivity contribution is 0.0472. The predicted octanol–water partition coefficient (Wildman–Crippen LogP) is 3.11. The van der Waals surface area contributed by atoms with Crippen LogP contribution in [0.5, 0.6) is 5.75 Å². The zero-order chi connectivity index (χ0) is 23.1. The van der Waals surface area contributed by atoms with Gasteiger partial charge in [-0.3, -0.25) is 4.57 Å². The highest BCUT2D eigenvalue weighted by Gasteiger charge is 2.26. The molecule has 0 spiro atoms. The summed E-state index contributed by atoms with van der Waals surface area (Å²) in [6.45, 7) is 5.02. The van der Waals surface area contributed by atoms with Gasteiger partial charge in [-0.15, -0.1) is 0 Å². The third-order valence-electron chi connectivity index (χ3n) is 7.39. The van der Waals surface area contributed by atoms with Crippen LogP contribution in [0.4, 0.5) is 0 Å². The lowest BCUT2D eigenvalue weighted by atomic mass is 9.97. The molecule has 0 unspecified atom stereocenters. The van der Waals surface area contributed by atoms with E-state index in [-0.39, 0.29) is 11.7 Å². The van der Waals surface area contributed by atoms with Crippen LogP contribution in [0.25, 0.3) is 27.8 Å². The Labute approximate surface area is 197 Å². The van der Waals surface area contributed by atoms with Crippen LogP contribution in [0.15, 0.2) is 41.6 Å². The van der Waals surface area contributed by atoms with Crippen LogP contribution in [0.1, 0.15) is 31.7 Å². The number of nitrogens with one attached hydrogen (secondary N) is 1. The van der Waals surface area contributed by atoms with Gasteiger partial charge >= 0.3 is 5.69 Å². The Morgan fingerprint density at radius 3 is 2.74 bits per heavy atom. The molecule has 4 aromatic rings. The molecular weight excluding hydrogens is 432 g/mol. The molecular formula is C25H30N6O3. The summed E-state index contributed by atoms with van der Waals surface area (Å²) in [5.41, 5.74) is 4.40. The van der Waals surface area contributed by atoms with Gasteiger partial charge in [-0.25, -0.2) is 14.3 Å². The number of aromatic amines is 1. The fraction of sp³-hybridized carbons (Fsp3) is 0.480. The average molecular weight is 463 g/mol. The van der Waals surface area contributed by atoms with E-state index in [1.807, 2.05) is 22.9 Å². The number of nitrogens with zero attached hydrogens (tertiary/aromatic N) is 5. The van der Waals surface area contributed by atoms with Crippen molar-refractivity contribution in [1.29, 1.82) is 0 Å². The molecule has 2 aliphatic rings. The van der Waals surface area contributed by atoms with Gasteiger partial charge in [0.1, 0.15) is 6.33 Å². The number of aromatic nitrogens is 5. The van der Waals surface area contributed by atoms with Gasteiger partial charge in [-0.2, -0.15) is 5.10 Å². The van der Waals surface area contributed by atoms with E-state index in [0.29, 0.717) is 11.4 Å². The molecule has 2 fully saturated rings. The van der Waals surface area contributed by atoms with Crippen LogP contribution in [0.3, 0.4) is 0 Å². The third-order valence-corrected chi connectivity index (χ3v) is 7.39. The largest absolute Gasteiger partial charge is 0.493 e. The minimum atomic E-state index is -0.0284. The fourth-order valence-corrected chi connectivity index (χ4v) is 5.53. The van der Waals surface area contributed by atoms with Gasteiger partial charge in [-0.05, 0) is 55.4 Å². The van der Waals surface area contributed by atoms with Crippen molar-refractivity contribution in [2.24, 2.45) is 5.92 Å². The molecule has 0 bridgehead atoms. The number of rotatable bonds is 5. The molecule has 0 radical (unpaired) electrons. The van der Waals surface area contributed by atoms with Gasteiger partial charge < -0.3 is 19.4 Å². The minimum Gasteiger partial charge on any atom is -0.493 e. The number of pyridine rings is 1. The fourth-order valence-electron chi connectivity index (χ4n) is 5.53. The first-order valence-electron chi connectivity index (χ1n) is 12.1. The molecule has 6 rings (SSSR count). The number of hydrogen-bond donors (Lipinski definition) is 1. The number of H-pyrrole nitrogens is 1. The van der Waals surface area contributed by atoms with Gasteiger partial charge in [0.05, 0.1) is 18.1 Å². The van der Waals surface area contributed by atoms with E-state index in [1.165, 1.54) is 19.2 Å². The summed E-state index contributed by atoms with van der Waals surface area (Å²) in [7, 11) is 1.63. The van der Waals surface area contributed by atoms with E-state index in [0.717, 1.165) is 73.8 Å². The smallest absolute Gasteiger partial charge is 0.326 e. The lowest BCUT2D eigenvalue weighted by Crippen LogP contribution is -2.40. The molecule has 34 heavy (non-hydrogen) atoms. The standard InChI is InChI=1S/C25H30N6O3/c1-33-23-13-19(15-30-24(23)26-16-27-30)18-2-3-22-21(12-18)28-25(32)31(22)20-4-8-29(9-5-20)14-17-6-10-34-11-7-17/h2-3,12-13,15-17,20H,4-11,14H2,1H3,(H,28,32). The summed E-state index contributed by atoms with van der Waals surface area (Å²) in [5.74, 6) is 1.41. The lowest BCUT2D eigenvalue weighted by Gasteiger charge is -2.35. The Morgan fingerprint density at radius 1 is 1.12 bits per heavy atom. The Morgan fingerprint density at radius 2 is 1.94 bits per heavy atom. The average Bonchev–Trinajstić information content (AvgIpc) is 3.47. The molecule has 5 heterocycles. The minimum absolute atomic E-state index is 0.0284. The van der Waals surface area contributed by atoms with Crippen LogP contribution in [0, 0.1) is 5.92 Å². The van der Waals surface area contributed by atoms with Crippen molar-refractivity contribution in [1.82, 2.24) is 29.0 Å². The van der Waals surface area contributed by atoms with E-state index < -0.39 is 0 Å². The number of fused-ring (bicyclic) bond motifs is 2. The molecule has 2 aliphatic heterocycles. The molecule has 0 saturated carbocycles. The van der Waals surface area contributed by atoms with Crippen LogP contribution in [-0.4, -0.2) is 69.0 Å². The molecule has 0 aliphatic carbocycles. The number of hydrogen-bond acceptors (Lipinski definition) is 6.